The lowest BCUT2D eigenvalue weighted by molar-refractivity contribution is 0.282. The standard InChI is InChI=1S/C21H25ClN2/c1-17-8-9-18(2)21(14-17)24-12-10-23(11-13-24)16-20(22)15-19-6-4-3-5-7-19/h3-9,14-15H,10-13,16H2,1-2H3. The van der Waals surface area contributed by atoms with E-state index < -0.39 is 0 Å². The smallest absolute Gasteiger partial charge is 0.0399 e. The third kappa shape index (κ3) is 4.40. The van der Waals surface area contributed by atoms with Crippen LogP contribution >= 0.6 is 11.6 Å². The summed E-state index contributed by atoms with van der Waals surface area (Å²) in [7, 11) is 0. The molecule has 0 bridgehead atoms. The lowest BCUT2D eigenvalue weighted by Crippen LogP contribution is -2.46. The van der Waals surface area contributed by atoms with Gasteiger partial charge in [0.2, 0.25) is 0 Å². The minimum absolute atomic E-state index is 0.830. The van der Waals surface area contributed by atoms with Gasteiger partial charge in [0.25, 0.3) is 0 Å². The van der Waals surface area contributed by atoms with Gasteiger partial charge in [0.15, 0.2) is 0 Å². The molecule has 1 heterocycles. The van der Waals surface area contributed by atoms with E-state index in [4.69, 9.17) is 11.6 Å². The second kappa shape index (κ2) is 7.87. The second-order valence-corrected chi connectivity index (χ2v) is 7.04. The van der Waals surface area contributed by atoms with Crippen LogP contribution in [0.3, 0.4) is 0 Å². The summed E-state index contributed by atoms with van der Waals surface area (Å²) < 4.78 is 0. The Bertz CT molecular complexity index is 701. The van der Waals surface area contributed by atoms with Gasteiger partial charge in [-0.1, -0.05) is 54.1 Å². The predicted octanol–water partition coefficient (Wildman–Crippen LogP) is 4.71. The topological polar surface area (TPSA) is 6.48 Å². The molecule has 0 atom stereocenters. The van der Waals surface area contributed by atoms with E-state index in [1.807, 2.05) is 18.2 Å². The first-order chi connectivity index (χ1) is 11.6. The van der Waals surface area contributed by atoms with E-state index >= 15 is 0 Å². The van der Waals surface area contributed by atoms with Crippen molar-refractivity contribution in [2.24, 2.45) is 0 Å². The van der Waals surface area contributed by atoms with Crippen LogP contribution in [0.5, 0.6) is 0 Å². The first-order valence-electron chi connectivity index (χ1n) is 8.57. The maximum absolute atomic E-state index is 6.45. The molecule has 1 saturated heterocycles. The fourth-order valence-corrected chi connectivity index (χ4v) is 3.49. The second-order valence-electron chi connectivity index (χ2n) is 6.56. The van der Waals surface area contributed by atoms with Gasteiger partial charge < -0.3 is 4.90 Å². The number of piperazine rings is 1. The van der Waals surface area contributed by atoms with Gasteiger partial charge in [-0.25, -0.2) is 0 Å². The van der Waals surface area contributed by atoms with Gasteiger partial charge in [0, 0.05) is 43.4 Å². The molecule has 0 amide bonds. The van der Waals surface area contributed by atoms with Crippen LogP contribution in [0.2, 0.25) is 0 Å². The van der Waals surface area contributed by atoms with Crippen LogP contribution in [0.25, 0.3) is 6.08 Å². The van der Waals surface area contributed by atoms with Crippen molar-refractivity contribution in [1.82, 2.24) is 4.90 Å². The quantitative estimate of drug-likeness (QED) is 0.795. The molecule has 24 heavy (non-hydrogen) atoms. The molecule has 2 aromatic rings. The van der Waals surface area contributed by atoms with Crippen molar-refractivity contribution in [3.8, 4) is 0 Å². The highest BCUT2D eigenvalue weighted by atomic mass is 35.5. The summed E-state index contributed by atoms with van der Waals surface area (Å²) in [4.78, 5) is 4.93. The van der Waals surface area contributed by atoms with Crippen molar-refractivity contribution in [1.29, 1.82) is 0 Å². The van der Waals surface area contributed by atoms with Crippen LogP contribution in [0.15, 0.2) is 53.6 Å². The van der Waals surface area contributed by atoms with Crippen LogP contribution in [0.1, 0.15) is 16.7 Å². The van der Waals surface area contributed by atoms with Crippen LogP contribution in [0, 0.1) is 13.8 Å². The van der Waals surface area contributed by atoms with Crippen LogP contribution < -0.4 is 4.90 Å². The van der Waals surface area contributed by atoms with Gasteiger partial charge >= 0.3 is 0 Å². The van der Waals surface area contributed by atoms with Crippen LogP contribution in [-0.2, 0) is 0 Å². The molecule has 0 radical (unpaired) electrons. The molecule has 3 rings (SSSR count). The number of aryl methyl sites for hydroxylation is 2. The van der Waals surface area contributed by atoms with Crippen LogP contribution in [0.4, 0.5) is 5.69 Å². The van der Waals surface area contributed by atoms with E-state index in [1.54, 1.807) is 0 Å². The van der Waals surface area contributed by atoms with Gasteiger partial charge in [0.05, 0.1) is 0 Å². The monoisotopic (exact) mass is 340 g/mol. The summed E-state index contributed by atoms with van der Waals surface area (Å²) >= 11 is 6.45. The van der Waals surface area contributed by atoms with Gasteiger partial charge in [-0.2, -0.15) is 0 Å². The molecule has 0 spiro atoms. The van der Waals surface area contributed by atoms with Crippen molar-refractivity contribution in [3.63, 3.8) is 0 Å². The van der Waals surface area contributed by atoms with Gasteiger partial charge in [-0.3, -0.25) is 4.90 Å². The number of anilines is 1. The number of hydrogen-bond acceptors (Lipinski definition) is 2. The summed E-state index contributed by atoms with van der Waals surface area (Å²) in [5.74, 6) is 0. The van der Waals surface area contributed by atoms with Gasteiger partial charge in [-0.05, 0) is 42.7 Å². The fraction of sp³-hybridized carbons (Fsp3) is 0.333. The molecule has 2 nitrogen and oxygen atoms in total. The molecule has 0 saturated carbocycles. The average molecular weight is 341 g/mol. The SMILES string of the molecule is Cc1ccc(C)c(N2CCN(CC(Cl)=Cc3ccccc3)CC2)c1. The number of benzene rings is 2. The Kier molecular flexibility index (Phi) is 5.60. The minimum Gasteiger partial charge on any atom is -0.369 e. The molecule has 0 unspecified atom stereocenters. The first kappa shape index (κ1) is 17.1. The third-order valence-electron chi connectivity index (χ3n) is 4.58. The molecular formula is C21H25ClN2. The summed E-state index contributed by atoms with van der Waals surface area (Å²) in [6, 6.07) is 17.0. The summed E-state index contributed by atoms with van der Waals surface area (Å²) in [6.07, 6.45) is 2.07. The molecule has 3 heteroatoms. The van der Waals surface area contributed by atoms with Crippen molar-refractivity contribution < 1.29 is 0 Å². The molecule has 1 aliphatic rings. The summed E-state index contributed by atoms with van der Waals surface area (Å²) in [5, 5.41) is 0.904. The summed E-state index contributed by atoms with van der Waals surface area (Å²) in [6.45, 7) is 9.39. The van der Waals surface area contributed by atoms with E-state index in [0.29, 0.717) is 0 Å². The molecule has 1 aliphatic heterocycles. The number of rotatable bonds is 4. The Morgan fingerprint density at radius 3 is 2.42 bits per heavy atom. The molecule has 126 valence electrons. The van der Waals surface area contributed by atoms with E-state index in [9.17, 15) is 0 Å². The van der Waals surface area contributed by atoms with Crippen molar-refractivity contribution in [2.45, 2.75) is 13.8 Å². The average Bonchev–Trinajstić information content (AvgIpc) is 2.59. The zero-order valence-electron chi connectivity index (χ0n) is 14.5. The highest BCUT2D eigenvalue weighted by Crippen LogP contribution is 2.23. The van der Waals surface area contributed by atoms with Crippen LogP contribution in [-0.4, -0.2) is 37.6 Å². The predicted molar refractivity (Wildman–Crippen MR) is 105 cm³/mol. The van der Waals surface area contributed by atoms with E-state index in [-0.39, 0.29) is 0 Å². The molecule has 0 N–H and O–H groups in total. The number of nitrogens with zero attached hydrogens (tertiary/aromatic N) is 2. The zero-order valence-corrected chi connectivity index (χ0v) is 15.3. The molecule has 0 aliphatic carbocycles. The lowest BCUT2D eigenvalue weighted by Gasteiger charge is -2.36. The van der Waals surface area contributed by atoms with E-state index in [1.165, 1.54) is 16.8 Å². The van der Waals surface area contributed by atoms with Crippen molar-refractivity contribution in [3.05, 3.63) is 70.3 Å². The molecule has 0 aromatic heterocycles. The Morgan fingerprint density at radius 1 is 1.00 bits per heavy atom. The third-order valence-corrected chi connectivity index (χ3v) is 4.80. The zero-order chi connectivity index (χ0) is 16.9. The first-order valence-corrected chi connectivity index (χ1v) is 8.95. The molecule has 1 fully saturated rings. The molecular weight excluding hydrogens is 316 g/mol. The van der Waals surface area contributed by atoms with Crippen molar-refractivity contribution >= 4 is 23.4 Å². The Balaban J connectivity index is 1.57. The normalized spacial score (nSPS) is 16.5. The van der Waals surface area contributed by atoms with Crippen molar-refractivity contribution in [2.75, 3.05) is 37.6 Å². The summed E-state index contributed by atoms with van der Waals surface area (Å²) in [5.41, 5.74) is 5.22. The highest BCUT2D eigenvalue weighted by Gasteiger charge is 2.18. The van der Waals surface area contributed by atoms with E-state index in [0.717, 1.165) is 43.3 Å². The van der Waals surface area contributed by atoms with Gasteiger partial charge in [0.1, 0.15) is 0 Å². The van der Waals surface area contributed by atoms with Gasteiger partial charge in [-0.15, -0.1) is 0 Å². The number of halogens is 1. The Hall–Kier alpha value is -1.77. The van der Waals surface area contributed by atoms with E-state index in [2.05, 4.69) is 60.1 Å². The maximum atomic E-state index is 6.45. The molecule has 2 aromatic carbocycles. The highest BCUT2D eigenvalue weighted by molar-refractivity contribution is 6.31. The lowest BCUT2D eigenvalue weighted by atomic mass is 10.1. The number of hydrogen-bond donors (Lipinski definition) is 0. The fourth-order valence-electron chi connectivity index (χ4n) is 3.20. The Morgan fingerprint density at radius 2 is 1.71 bits per heavy atom. The Labute approximate surface area is 150 Å². The maximum Gasteiger partial charge on any atom is 0.0399 e. The largest absolute Gasteiger partial charge is 0.369 e. The minimum atomic E-state index is 0.830.